The van der Waals surface area contributed by atoms with Crippen LogP contribution < -0.4 is 10.6 Å². The maximum Gasteiger partial charge on any atom is 0.224 e. The van der Waals surface area contributed by atoms with Gasteiger partial charge in [-0.3, -0.25) is 9.59 Å². The number of carbonyl (C=O) groups excluding carboxylic acids is 2. The van der Waals surface area contributed by atoms with E-state index in [1.165, 1.54) is 0 Å². The van der Waals surface area contributed by atoms with Gasteiger partial charge in [-0.25, -0.2) is 0 Å². The van der Waals surface area contributed by atoms with Gasteiger partial charge in [0.1, 0.15) is 0 Å². The zero-order valence-electron chi connectivity index (χ0n) is 17.4. The first-order valence-electron chi connectivity index (χ1n) is 10.4. The predicted molar refractivity (Wildman–Crippen MR) is 127 cm³/mol. The Morgan fingerprint density at radius 3 is 1.58 bits per heavy atom. The maximum absolute atomic E-state index is 12.4. The molecule has 0 unspecified atom stereocenters. The quantitative estimate of drug-likeness (QED) is 0.595. The molecule has 1 aliphatic rings. The molecule has 31 heavy (non-hydrogen) atoms. The molecule has 1 heterocycles. The molecule has 8 heteroatoms. The zero-order valence-corrected chi connectivity index (χ0v) is 19.1. The molecule has 0 radical (unpaired) electrons. The largest absolute Gasteiger partial charge is 0.378 e. The van der Waals surface area contributed by atoms with E-state index in [1.54, 1.807) is 23.5 Å². The van der Waals surface area contributed by atoms with Crippen molar-refractivity contribution in [3.8, 4) is 0 Å². The van der Waals surface area contributed by atoms with Crippen LogP contribution in [-0.2, 0) is 19.1 Å². The van der Waals surface area contributed by atoms with E-state index in [-0.39, 0.29) is 11.8 Å². The van der Waals surface area contributed by atoms with E-state index >= 15 is 0 Å². The number of hydrogen-bond donors (Lipinski definition) is 2. The van der Waals surface area contributed by atoms with Crippen LogP contribution >= 0.6 is 23.5 Å². The molecule has 2 aromatic carbocycles. The molecule has 0 saturated carbocycles. The van der Waals surface area contributed by atoms with Crippen molar-refractivity contribution in [2.24, 2.45) is 0 Å². The van der Waals surface area contributed by atoms with Crippen molar-refractivity contribution in [3.05, 3.63) is 48.5 Å². The Bertz CT molecular complexity index is 793. The lowest BCUT2D eigenvalue weighted by molar-refractivity contribution is -0.117. The molecule has 0 saturated heterocycles. The van der Waals surface area contributed by atoms with Crippen LogP contribution in [0.5, 0.6) is 0 Å². The number of nitrogens with one attached hydrogen (secondary N) is 2. The first kappa shape index (κ1) is 23.7. The lowest BCUT2D eigenvalue weighted by Crippen LogP contribution is -2.15. The number of para-hydroxylation sites is 2. The number of rotatable bonds is 0. The number of ether oxygens (including phenoxy) is 2. The molecule has 2 aromatic rings. The van der Waals surface area contributed by atoms with E-state index in [4.69, 9.17) is 9.47 Å². The second kappa shape index (κ2) is 13.4. The fourth-order valence-corrected chi connectivity index (χ4v) is 4.71. The molecule has 0 bridgehead atoms. The first-order valence-corrected chi connectivity index (χ1v) is 12.4. The van der Waals surface area contributed by atoms with Gasteiger partial charge in [0, 0.05) is 34.1 Å². The molecule has 0 fully saturated rings. The summed E-state index contributed by atoms with van der Waals surface area (Å²) < 4.78 is 11.3. The zero-order chi connectivity index (χ0) is 21.7. The summed E-state index contributed by atoms with van der Waals surface area (Å²) in [6, 6.07) is 15.5. The van der Waals surface area contributed by atoms with E-state index in [9.17, 15) is 9.59 Å². The molecule has 6 nitrogen and oxygen atoms in total. The first-order chi connectivity index (χ1) is 15.2. The number of anilines is 2. The highest BCUT2D eigenvalue weighted by atomic mass is 32.2. The van der Waals surface area contributed by atoms with E-state index in [1.807, 2.05) is 48.5 Å². The molecule has 3 rings (SSSR count). The molecule has 1 aliphatic heterocycles. The highest BCUT2D eigenvalue weighted by Gasteiger charge is 2.11. The van der Waals surface area contributed by atoms with Gasteiger partial charge in [-0.05, 0) is 30.7 Å². The Labute approximate surface area is 191 Å². The predicted octanol–water partition coefficient (Wildman–Crippen LogP) is 4.67. The van der Waals surface area contributed by atoms with Crippen LogP contribution in [0.3, 0.4) is 0 Å². The van der Waals surface area contributed by atoms with Gasteiger partial charge in [0.2, 0.25) is 11.8 Å². The molecule has 0 atom stereocenters. The molecule has 0 aromatic heterocycles. The summed E-state index contributed by atoms with van der Waals surface area (Å²) in [5.41, 5.74) is 1.59. The molecule has 166 valence electrons. The number of fused-ring (bicyclic) bond motifs is 2. The molecular weight excluding hydrogens is 432 g/mol. The number of hydrogen-bond acceptors (Lipinski definition) is 6. The minimum Gasteiger partial charge on any atom is -0.378 e. The van der Waals surface area contributed by atoms with Gasteiger partial charge >= 0.3 is 0 Å². The smallest absolute Gasteiger partial charge is 0.224 e. The minimum atomic E-state index is -0.0869. The van der Waals surface area contributed by atoms with Crippen molar-refractivity contribution < 1.29 is 19.1 Å². The van der Waals surface area contributed by atoms with E-state index < -0.39 is 0 Å². The summed E-state index contributed by atoms with van der Waals surface area (Å²) in [7, 11) is 0. The van der Waals surface area contributed by atoms with Crippen LogP contribution in [0.1, 0.15) is 19.3 Å². The van der Waals surface area contributed by atoms with Crippen LogP contribution in [-0.4, -0.2) is 49.7 Å². The summed E-state index contributed by atoms with van der Waals surface area (Å²) in [5.74, 6) is 1.41. The third-order valence-electron chi connectivity index (χ3n) is 4.47. The van der Waals surface area contributed by atoms with Crippen molar-refractivity contribution in [2.75, 3.05) is 48.6 Å². The van der Waals surface area contributed by atoms with Gasteiger partial charge in [-0.2, -0.15) is 0 Å². The summed E-state index contributed by atoms with van der Waals surface area (Å²) >= 11 is 3.29. The topological polar surface area (TPSA) is 76.7 Å². The lowest BCUT2D eigenvalue weighted by atomic mass is 10.2. The Kier molecular flexibility index (Phi) is 10.2. The summed E-state index contributed by atoms with van der Waals surface area (Å²) in [6.45, 7) is 2.34. The van der Waals surface area contributed by atoms with Gasteiger partial charge in [0.15, 0.2) is 0 Å². The standard InChI is InChI=1S/C23H28N2O4S2/c26-22-10-5-11-23(27)25-19-7-2-4-9-21(19)31-17-15-29-13-12-28-14-16-30-20-8-3-1-6-18(20)24-22/h1-4,6-9H,5,10-17H2,(H,24,26)(H,25,27). The third kappa shape index (κ3) is 8.57. The Hall–Kier alpha value is -2.00. The molecule has 2 amide bonds. The average molecular weight is 461 g/mol. The average Bonchev–Trinajstić information content (AvgIpc) is 2.76. The van der Waals surface area contributed by atoms with Crippen LogP contribution in [0, 0.1) is 0 Å². The second-order valence-electron chi connectivity index (χ2n) is 6.86. The fourth-order valence-electron chi connectivity index (χ4n) is 2.97. The lowest BCUT2D eigenvalue weighted by Gasteiger charge is -2.11. The van der Waals surface area contributed by atoms with Crippen LogP contribution in [0.15, 0.2) is 58.3 Å². The van der Waals surface area contributed by atoms with Crippen molar-refractivity contribution in [2.45, 2.75) is 29.1 Å². The van der Waals surface area contributed by atoms with Gasteiger partial charge in [-0.15, -0.1) is 23.5 Å². The maximum atomic E-state index is 12.4. The Morgan fingerprint density at radius 1 is 0.645 bits per heavy atom. The highest BCUT2D eigenvalue weighted by Crippen LogP contribution is 2.28. The summed E-state index contributed by atoms with van der Waals surface area (Å²) in [5, 5.41) is 5.93. The number of thioether (sulfide) groups is 2. The van der Waals surface area contributed by atoms with E-state index in [0.717, 1.165) is 32.7 Å². The monoisotopic (exact) mass is 460 g/mol. The third-order valence-corrected chi connectivity index (χ3v) is 6.55. The molecule has 0 aliphatic carbocycles. The summed E-state index contributed by atoms with van der Waals surface area (Å²) in [6.07, 6.45) is 1.08. The minimum absolute atomic E-state index is 0.0869. The number of amides is 2. The van der Waals surface area contributed by atoms with Crippen LogP contribution in [0.25, 0.3) is 0 Å². The van der Waals surface area contributed by atoms with Gasteiger partial charge in [0.25, 0.3) is 0 Å². The van der Waals surface area contributed by atoms with Crippen molar-refractivity contribution >= 4 is 46.7 Å². The highest BCUT2D eigenvalue weighted by molar-refractivity contribution is 7.99. The second-order valence-corrected chi connectivity index (χ2v) is 9.14. The summed E-state index contributed by atoms with van der Waals surface area (Å²) in [4.78, 5) is 26.8. The van der Waals surface area contributed by atoms with Crippen molar-refractivity contribution in [3.63, 3.8) is 0 Å². The van der Waals surface area contributed by atoms with Gasteiger partial charge in [0.05, 0.1) is 37.8 Å². The fraction of sp³-hybridized carbons (Fsp3) is 0.391. The Morgan fingerprint density at radius 2 is 1.10 bits per heavy atom. The number of benzene rings is 2. The molecular formula is C23H28N2O4S2. The normalized spacial score (nSPS) is 17.9. The SMILES string of the molecule is O=C1CCCC(=O)Nc2ccccc2SCCOCCOCCSc2ccccc2N1. The van der Waals surface area contributed by atoms with Crippen LogP contribution in [0.2, 0.25) is 0 Å². The van der Waals surface area contributed by atoms with Crippen LogP contribution in [0.4, 0.5) is 11.4 Å². The van der Waals surface area contributed by atoms with Crippen molar-refractivity contribution in [1.29, 1.82) is 0 Å². The number of carbonyl (C=O) groups is 2. The molecule has 2 N–H and O–H groups in total. The Balaban J connectivity index is 1.61. The molecule has 0 spiro atoms. The van der Waals surface area contributed by atoms with E-state index in [2.05, 4.69) is 10.6 Å². The van der Waals surface area contributed by atoms with Crippen molar-refractivity contribution in [1.82, 2.24) is 0 Å². The van der Waals surface area contributed by atoms with Gasteiger partial charge in [-0.1, -0.05) is 24.3 Å². The van der Waals surface area contributed by atoms with Gasteiger partial charge < -0.3 is 20.1 Å². The van der Waals surface area contributed by atoms with E-state index in [0.29, 0.717) is 45.7 Å².